The first kappa shape index (κ1) is 17.6. The standard InChI is InChI=1S/C23H25N/c1-7-21-10-8-9-11-22(21)16-19(5)20(6)24(17(2)3)23-14-12-18(4)13-15-23/h7-16H,1-2,6H2,3-5H3/b19-16+. The maximum absolute atomic E-state index is 4.30. The minimum atomic E-state index is 0.921. The third kappa shape index (κ3) is 3.94. The van der Waals surface area contributed by atoms with E-state index in [1.807, 2.05) is 25.1 Å². The SMILES string of the molecule is C=Cc1ccccc1/C=C(\C)C(=C)N(C(=C)C)c1ccc(C)cc1. The number of anilines is 1. The summed E-state index contributed by atoms with van der Waals surface area (Å²) in [6.45, 7) is 18.5. The van der Waals surface area contributed by atoms with Crippen LogP contribution < -0.4 is 4.90 Å². The molecule has 0 aromatic heterocycles. The molecule has 0 saturated heterocycles. The van der Waals surface area contributed by atoms with Crippen LogP contribution in [0.15, 0.2) is 85.2 Å². The van der Waals surface area contributed by atoms with Gasteiger partial charge in [0.05, 0.1) is 0 Å². The molecule has 0 unspecified atom stereocenters. The summed E-state index contributed by atoms with van der Waals surface area (Å²) in [7, 11) is 0. The van der Waals surface area contributed by atoms with E-state index in [0.29, 0.717) is 0 Å². The predicted octanol–water partition coefficient (Wildman–Crippen LogP) is 6.60. The zero-order chi connectivity index (χ0) is 17.7. The number of rotatable bonds is 6. The van der Waals surface area contributed by atoms with Crippen molar-refractivity contribution in [3.8, 4) is 0 Å². The Bertz CT molecular complexity index is 791. The van der Waals surface area contributed by atoms with Gasteiger partial charge in [-0.1, -0.05) is 67.8 Å². The number of benzene rings is 2. The molecule has 2 aromatic rings. The average Bonchev–Trinajstić information content (AvgIpc) is 2.57. The van der Waals surface area contributed by atoms with E-state index in [4.69, 9.17) is 0 Å². The van der Waals surface area contributed by atoms with Gasteiger partial charge in [0.25, 0.3) is 0 Å². The van der Waals surface area contributed by atoms with Crippen LogP contribution in [-0.2, 0) is 0 Å². The smallest absolute Gasteiger partial charge is 0.0458 e. The summed E-state index contributed by atoms with van der Waals surface area (Å²) in [6, 6.07) is 16.6. The summed E-state index contributed by atoms with van der Waals surface area (Å²) in [5, 5.41) is 0. The van der Waals surface area contributed by atoms with Crippen molar-refractivity contribution in [2.24, 2.45) is 0 Å². The van der Waals surface area contributed by atoms with Gasteiger partial charge in [-0.3, -0.25) is 0 Å². The van der Waals surface area contributed by atoms with Crippen molar-refractivity contribution in [1.82, 2.24) is 0 Å². The predicted molar refractivity (Wildman–Crippen MR) is 108 cm³/mol. The van der Waals surface area contributed by atoms with Crippen molar-refractivity contribution in [3.63, 3.8) is 0 Å². The highest BCUT2D eigenvalue weighted by Gasteiger charge is 2.13. The fourth-order valence-corrected chi connectivity index (χ4v) is 2.62. The second-order valence-corrected chi connectivity index (χ2v) is 6.01. The monoisotopic (exact) mass is 315 g/mol. The molecule has 0 heterocycles. The van der Waals surface area contributed by atoms with Crippen LogP contribution in [0.1, 0.15) is 30.5 Å². The Kier molecular flexibility index (Phi) is 5.59. The number of hydrogen-bond acceptors (Lipinski definition) is 1. The van der Waals surface area contributed by atoms with E-state index in [2.05, 4.69) is 81.0 Å². The van der Waals surface area contributed by atoms with Crippen LogP contribution in [0.5, 0.6) is 0 Å². The molecule has 0 aliphatic heterocycles. The van der Waals surface area contributed by atoms with Crippen LogP contribution in [0.25, 0.3) is 12.2 Å². The first-order valence-electron chi connectivity index (χ1n) is 8.05. The van der Waals surface area contributed by atoms with E-state index in [-0.39, 0.29) is 0 Å². The molecule has 1 heteroatoms. The lowest BCUT2D eigenvalue weighted by Gasteiger charge is -2.28. The minimum absolute atomic E-state index is 0.921. The molecule has 2 rings (SSSR count). The number of nitrogens with zero attached hydrogens (tertiary/aromatic N) is 1. The van der Waals surface area contributed by atoms with E-state index in [1.165, 1.54) is 5.56 Å². The second-order valence-electron chi connectivity index (χ2n) is 6.01. The molecule has 0 aliphatic carbocycles. The molecule has 122 valence electrons. The molecule has 0 spiro atoms. The summed E-state index contributed by atoms with van der Waals surface area (Å²) in [5.41, 5.74) is 7.51. The van der Waals surface area contributed by atoms with Crippen LogP contribution in [0.3, 0.4) is 0 Å². The van der Waals surface area contributed by atoms with Gasteiger partial charge in [-0.2, -0.15) is 0 Å². The average molecular weight is 315 g/mol. The number of allylic oxidation sites excluding steroid dienone is 2. The van der Waals surface area contributed by atoms with Gasteiger partial charge >= 0.3 is 0 Å². The Balaban J connectivity index is 2.39. The van der Waals surface area contributed by atoms with Gasteiger partial charge in [-0.15, -0.1) is 0 Å². The molecule has 0 bridgehead atoms. The summed E-state index contributed by atoms with van der Waals surface area (Å²) in [4.78, 5) is 2.09. The van der Waals surface area contributed by atoms with Gasteiger partial charge in [0.1, 0.15) is 0 Å². The van der Waals surface area contributed by atoms with Gasteiger partial charge in [0.2, 0.25) is 0 Å². The first-order valence-corrected chi connectivity index (χ1v) is 8.05. The zero-order valence-electron chi connectivity index (χ0n) is 14.8. The van der Waals surface area contributed by atoms with Crippen LogP contribution in [0.4, 0.5) is 5.69 Å². The van der Waals surface area contributed by atoms with E-state index >= 15 is 0 Å². The van der Waals surface area contributed by atoms with Gasteiger partial charge in [-0.25, -0.2) is 0 Å². The van der Waals surface area contributed by atoms with Crippen LogP contribution in [0, 0.1) is 6.92 Å². The van der Waals surface area contributed by atoms with Crippen LogP contribution >= 0.6 is 0 Å². The molecule has 0 fully saturated rings. The molecule has 0 N–H and O–H groups in total. The lowest BCUT2D eigenvalue weighted by atomic mass is 10.0. The summed E-state index contributed by atoms with van der Waals surface area (Å²) in [6.07, 6.45) is 4.02. The summed E-state index contributed by atoms with van der Waals surface area (Å²) in [5.74, 6) is 0. The molecule has 1 nitrogen and oxygen atoms in total. The summed E-state index contributed by atoms with van der Waals surface area (Å²) >= 11 is 0. The van der Waals surface area contributed by atoms with Crippen molar-refractivity contribution in [2.45, 2.75) is 20.8 Å². The molecule has 0 aliphatic rings. The Labute approximate surface area is 146 Å². The summed E-state index contributed by atoms with van der Waals surface area (Å²) < 4.78 is 0. The van der Waals surface area contributed by atoms with Crippen molar-refractivity contribution in [1.29, 1.82) is 0 Å². The zero-order valence-corrected chi connectivity index (χ0v) is 14.8. The molecule has 0 atom stereocenters. The third-order valence-electron chi connectivity index (χ3n) is 3.99. The lowest BCUT2D eigenvalue weighted by molar-refractivity contribution is 1.08. The quantitative estimate of drug-likeness (QED) is 0.543. The molecule has 0 saturated carbocycles. The fourth-order valence-electron chi connectivity index (χ4n) is 2.62. The highest BCUT2D eigenvalue weighted by Crippen LogP contribution is 2.28. The highest BCUT2D eigenvalue weighted by atomic mass is 15.1. The third-order valence-corrected chi connectivity index (χ3v) is 3.99. The molecule has 2 aromatic carbocycles. The number of aryl methyl sites for hydroxylation is 1. The Morgan fingerprint density at radius 2 is 1.50 bits per heavy atom. The Morgan fingerprint density at radius 1 is 0.917 bits per heavy atom. The second kappa shape index (κ2) is 7.65. The van der Waals surface area contributed by atoms with Gasteiger partial charge in [0.15, 0.2) is 0 Å². The van der Waals surface area contributed by atoms with Gasteiger partial charge in [0, 0.05) is 17.1 Å². The number of hydrogen-bond donors (Lipinski definition) is 0. The molecule has 0 radical (unpaired) electrons. The largest absolute Gasteiger partial charge is 0.315 e. The van der Waals surface area contributed by atoms with E-state index in [0.717, 1.165) is 33.8 Å². The molecule has 0 amide bonds. The Morgan fingerprint density at radius 3 is 2.04 bits per heavy atom. The molecular formula is C23H25N. The van der Waals surface area contributed by atoms with Crippen LogP contribution in [-0.4, -0.2) is 0 Å². The van der Waals surface area contributed by atoms with Gasteiger partial charge < -0.3 is 4.90 Å². The maximum Gasteiger partial charge on any atom is 0.0458 e. The molecule has 24 heavy (non-hydrogen) atoms. The highest BCUT2D eigenvalue weighted by molar-refractivity contribution is 5.71. The van der Waals surface area contributed by atoms with E-state index in [9.17, 15) is 0 Å². The molecular weight excluding hydrogens is 290 g/mol. The Hall–Kier alpha value is -2.80. The fraction of sp³-hybridized carbons (Fsp3) is 0.130. The van der Waals surface area contributed by atoms with Crippen LogP contribution in [0.2, 0.25) is 0 Å². The van der Waals surface area contributed by atoms with E-state index < -0.39 is 0 Å². The lowest BCUT2D eigenvalue weighted by Crippen LogP contribution is -2.19. The maximum atomic E-state index is 4.30. The van der Waals surface area contributed by atoms with Crippen molar-refractivity contribution >= 4 is 17.8 Å². The van der Waals surface area contributed by atoms with E-state index in [1.54, 1.807) is 0 Å². The minimum Gasteiger partial charge on any atom is -0.315 e. The van der Waals surface area contributed by atoms with Crippen molar-refractivity contribution < 1.29 is 0 Å². The topological polar surface area (TPSA) is 3.24 Å². The first-order chi connectivity index (χ1) is 11.4. The normalized spacial score (nSPS) is 11.0. The van der Waals surface area contributed by atoms with Gasteiger partial charge in [-0.05, 0) is 55.7 Å². The van der Waals surface area contributed by atoms with Crippen molar-refractivity contribution in [3.05, 3.63) is 102 Å². The van der Waals surface area contributed by atoms with Crippen molar-refractivity contribution in [2.75, 3.05) is 4.90 Å².